The van der Waals surface area contributed by atoms with Crippen molar-refractivity contribution >= 4 is 11.9 Å². The number of phenols is 2. The van der Waals surface area contributed by atoms with Gasteiger partial charge in [0.25, 0.3) is 0 Å². The Morgan fingerprint density at radius 1 is 0.609 bits per heavy atom. The predicted molar refractivity (Wildman–Crippen MR) is 145 cm³/mol. The molecule has 10 atom stereocenters. The summed E-state index contributed by atoms with van der Waals surface area (Å²) in [5.41, 5.74) is -1.88. The minimum absolute atomic E-state index is 0.288. The van der Waals surface area contributed by atoms with Gasteiger partial charge in [0.1, 0.15) is 72.2 Å². The van der Waals surface area contributed by atoms with Gasteiger partial charge in [-0.2, -0.15) is 0 Å². The summed E-state index contributed by atoms with van der Waals surface area (Å²) in [6, 6.07) is 1.88. The second-order valence-electron chi connectivity index (χ2n) is 10.7. The van der Waals surface area contributed by atoms with Gasteiger partial charge < -0.3 is 79.5 Å². The molecule has 0 saturated carbocycles. The smallest absolute Gasteiger partial charge is 0.347 e. The van der Waals surface area contributed by atoms with Crippen LogP contribution in [-0.2, 0) is 9.47 Å². The maximum atomic E-state index is 13.5. The van der Waals surface area contributed by atoms with E-state index in [1.807, 2.05) is 0 Å². The summed E-state index contributed by atoms with van der Waals surface area (Å²) in [5.74, 6) is -7.20. The third-order valence-electron chi connectivity index (χ3n) is 8.11. The maximum absolute atomic E-state index is 13.5. The predicted octanol–water partition coefficient (Wildman–Crippen LogP) is -3.10. The molecule has 5 rings (SSSR count). The fraction of sp³-hybridized carbons (Fsp3) is 0.500. The van der Waals surface area contributed by atoms with Crippen LogP contribution in [0.1, 0.15) is 44.1 Å². The lowest BCUT2D eigenvalue weighted by Crippen LogP contribution is -2.55. The summed E-state index contributed by atoms with van der Waals surface area (Å²) < 4.78 is 32.2. The van der Waals surface area contributed by atoms with Crippen LogP contribution in [0.25, 0.3) is 0 Å². The average molecular weight is 657 g/mol. The topological polar surface area (TPSA) is 292 Å². The van der Waals surface area contributed by atoms with Crippen molar-refractivity contribution in [2.45, 2.75) is 61.0 Å². The number of rotatable bonds is 6. The molecular weight excluding hydrogens is 624 g/mol. The van der Waals surface area contributed by atoms with Gasteiger partial charge in [0, 0.05) is 11.1 Å². The first kappa shape index (κ1) is 33.5. The summed E-state index contributed by atoms with van der Waals surface area (Å²) in [4.78, 5) is 27.0. The van der Waals surface area contributed by atoms with Crippen LogP contribution in [0.4, 0.5) is 0 Å². The van der Waals surface area contributed by atoms with Crippen LogP contribution in [0, 0.1) is 0 Å². The lowest BCUT2D eigenvalue weighted by atomic mass is 9.89. The molecule has 0 unspecified atom stereocenters. The highest BCUT2D eigenvalue weighted by Gasteiger charge is 2.48. The van der Waals surface area contributed by atoms with Crippen molar-refractivity contribution in [1.29, 1.82) is 0 Å². The van der Waals surface area contributed by atoms with Gasteiger partial charge in [-0.05, 0) is 12.1 Å². The van der Waals surface area contributed by atoms with Crippen LogP contribution in [0.15, 0.2) is 12.1 Å². The summed E-state index contributed by atoms with van der Waals surface area (Å²) in [6.07, 6.45) is -16.9. The molecule has 18 heteroatoms. The van der Waals surface area contributed by atoms with E-state index < -0.39 is 132 Å². The van der Waals surface area contributed by atoms with Gasteiger partial charge in [0.05, 0.1) is 27.4 Å². The molecule has 2 fully saturated rings. The minimum atomic E-state index is -1.87. The highest BCUT2D eigenvalue weighted by molar-refractivity contribution is 6.04. The quantitative estimate of drug-likeness (QED) is 0.109. The molecule has 0 bridgehead atoms. The monoisotopic (exact) mass is 656 g/mol. The lowest BCUT2D eigenvalue weighted by molar-refractivity contribution is -0.232. The number of aliphatic hydroxyl groups excluding tert-OH is 8. The number of ether oxygens (including phenoxy) is 6. The molecule has 0 spiro atoms. The van der Waals surface area contributed by atoms with E-state index in [1.54, 1.807) is 0 Å². The number of hydrogen-bond donors (Lipinski definition) is 10. The third kappa shape index (κ3) is 5.27. The van der Waals surface area contributed by atoms with Gasteiger partial charge in [-0.25, -0.2) is 9.59 Å². The molecule has 252 valence electrons. The van der Waals surface area contributed by atoms with Crippen LogP contribution in [-0.4, -0.2) is 139 Å². The van der Waals surface area contributed by atoms with E-state index in [-0.39, 0.29) is 11.1 Å². The van der Waals surface area contributed by atoms with E-state index in [0.717, 1.165) is 26.4 Å². The second-order valence-corrected chi connectivity index (χ2v) is 10.7. The summed E-state index contributed by atoms with van der Waals surface area (Å²) in [6.45, 7) is -1.58. The van der Waals surface area contributed by atoms with E-state index in [0.29, 0.717) is 0 Å². The minimum Gasteiger partial charge on any atom is -0.502 e. The molecule has 46 heavy (non-hydrogen) atoms. The molecule has 2 aromatic carbocycles. The fourth-order valence-corrected chi connectivity index (χ4v) is 5.68. The largest absolute Gasteiger partial charge is 0.502 e. The Morgan fingerprint density at radius 3 is 1.26 bits per heavy atom. The van der Waals surface area contributed by atoms with Crippen LogP contribution >= 0.6 is 0 Å². The van der Waals surface area contributed by atoms with Crippen molar-refractivity contribution in [2.75, 3.05) is 27.4 Å². The molecule has 0 aliphatic carbocycles. The number of carbonyl (C=O) groups excluding carboxylic acids is 2. The molecule has 3 aliphatic heterocycles. The van der Waals surface area contributed by atoms with Gasteiger partial charge >= 0.3 is 11.9 Å². The molecule has 10 N–H and O–H groups in total. The Hall–Kier alpha value is -3.82. The summed E-state index contributed by atoms with van der Waals surface area (Å²) >= 11 is 0. The number of fused-ring (bicyclic) bond motifs is 2. The first-order chi connectivity index (χ1) is 21.8. The van der Waals surface area contributed by atoms with E-state index in [1.165, 1.54) is 0 Å². The zero-order valence-corrected chi connectivity index (χ0v) is 24.1. The molecule has 0 aromatic heterocycles. The molecule has 2 aromatic rings. The number of esters is 2. The molecule has 3 heterocycles. The Bertz CT molecular complexity index is 1390. The van der Waals surface area contributed by atoms with E-state index in [9.17, 15) is 60.7 Å². The zero-order valence-electron chi connectivity index (χ0n) is 24.1. The van der Waals surface area contributed by atoms with Crippen molar-refractivity contribution in [3.63, 3.8) is 0 Å². The van der Waals surface area contributed by atoms with Crippen molar-refractivity contribution in [3.05, 3.63) is 34.4 Å². The highest BCUT2D eigenvalue weighted by atomic mass is 16.6. The standard InChI is InChI=1S/C28H32O18/c1-41-21-7(23-17(35)15(33)13(31)11(5-29)43-23)3-9-25(19(21)37)45-28(40)10-4-8(22(42-2)20(38)26(10)46-27(9)39)24-18(36)16(34)14(32)12(6-30)44-24/h3-4,11-18,23-24,29-38H,5-6H2,1-2H3/t11-,12-,13-,14-,15+,16+,17-,18-,23+,24+/m1/s1. The summed E-state index contributed by atoms with van der Waals surface area (Å²) in [7, 11) is 2.15. The Kier molecular flexibility index (Phi) is 9.30. The van der Waals surface area contributed by atoms with Crippen molar-refractivity contribution < 1.29 is 89.1 Å². The number of carbonyl (C=O) groups is 2. The molecule has 18 nitrogen and oxygen atoms in total. The van der Waals surface area contributed by atoms with Crippen LogP contribution in [0.2, 0.25) is 0 Å². The van der Waals surface area contributed by atoms with Crippen LogP contribution in [0.5, 0.6) is 34.5 Å². The maximum Gasteiger partial charge on any atom is 0.347 e. The highest BCUT2D eigenvalue weighted by Crippen LogP contribution is 2.51. The fourth-order valence-electron chi connectivity index (χ4n) is 5.68. The molecular formula is C28H32O18. The SMILES string of the molecule is COc1c([C@@H]2O[C@H](CO)[C@@H](O)[C@H](O)[C@H]2O)cc2c(c1O)OC(=O)c1cc([C@@H]3O[C@H](CO)[C@@H](O)[C@H](O)[C@H]3O)c(OC)c(O)c1OC2=O. The van der Waals surface area contributed by atoms with Crippen LogP contribution < -0.4 is 18.9 Å². The third-order valence-corrected chi connectivity index (χ3v) is 8.11. The number of phenolic OH excluding ortho intramolecular Hbond substituents is 2. The van der Waals surface area contributed by atoms with E-state index >= 15 is 0 Å². The molecule has 2 saturated heterocycles. The first-order valence-corrected chi connectivity index (χ1v) is 13.7. The van der Waals surface area contributed by atoms with Gasteiger partial charge in [-0.1, -0.05) is 0 Å². The second kappa shape index (κ2) is 12.8. The molecule has 0 amide bonds. The number of aliphatic hydroxyl groups is 8. The normalized spacial score (nSPS) is 32.7. The lowest BCUT2D eigenvalue weighted by Gasteiger charge is -2.40. The number of methoxy groups -OCH3 is 2. The number of hydrogen-bond acceptors (Lipinski definition) is 18. The van der Waals surface area contributed by atoms with E-state index in [4.69, 9.17) is 28.4 Å². The first-order valence-electron chi connectivity index (χ1n) is 13.7. The Balaban J connectivity index is 1.62. The average Bonchev–Trinajstić information content (AvgIpc) is 3.03. The summed E-state index contributed by atoms with van der Waals surface area (Å²) in [5, 5.41) is 104. The van der Waals surface area contributed by atoms with Crippen molar-refractivity contribution in [1.82, 2.24) is 0 Å². The van der Waals surface area contributed by atoms with Crippen LogP contribution in [0.3, 0.4) is 0 Å². The number of benzene rings is 2. The van der Waals surface area contributed by atoms with Crippen molar-refractivity contribution in [2.24, 2.45) is 0 Å². The van der Waals surface area contributed by atoms with E-state index in [2.05, 4.69) is 0 Å². The zero-order chi connectivity index (χ0) is 33.8. The van der Waals surface area contributed by atoms with Gasteiger partial charge in [-0.3, -0.25) is 0 Å². The molecule has 3 aliphatic rings. The Labute approximate surface area is 258 Å². The Morgan fingerprint density at radius 2 is 0.957 bits per heavy atom. The van der Waals surface area contributed by atoms with Crippen molar-refractivity contribution in [3.8, 4) is 34.5 Å². The number of aromatic hydroxyl groups is 2. The molecule has 0 radical (unpaired) electrons. The van der Waals surface area contributed by atoms with Gasteiger partial charge in [-0.15, -0.1) is 0 Å². The van der Waals surface area contributed by atoms with Gasteiger partial charge in [0.2, 0.25) is 11.5 Å². The van der Waals surface area contributed by atoms with Gasteiger partial charge in [0.15, 0.2) is 23.0 Å².